The van der Waals surface area contributed by atoms with Gasteiger partial charge in [-0.2, -0.15) is 0 Å². The molecule has 0 aliphatic rings. The predicted molar refractivity (Wildman–Crippen MR) is 45.2 cm³/mol. The van der Waals surface area contributed by atoms with Crippen LogP contribution < -0.4 is 0 Å². The van der Waals surface area contributed by atoms with Crippen LogP contribution in [0.25, 0.3) is 0 Å². The molecule has 2 unspecified atom stereocenters. The standard InChI is InChI=1S/C7H13O4P/c1-4-6-10-12(8,9)11-7(3)5-2/h7H,5H2,1-3H3,(H,8,9). The highest BCUT2D eigenvalue weighted by Crippen LogP contribution is 2.44. The Morgan fingerprint density at radius 1 is 1.67 bits per heavy atom. The molecule has 0 heterocycles. The Balaban J connectivity index is 4.01. The van der Waals surface area contributed by atoms with E-state index in [9.17, 15) is 4.57 Å². The molecule has 0 fully saturated rings. The van der Waals surface area contributed by atoms with E-state index in [4.69, 9.17) is 4.89 Å². The first-order chi connectivity index (χ1) is 5.52. The van der Waals surface area contributed by atoms with E-state index in [1.165, 1.54) is 6.92 Å². The lowest BCUT2D eigenvalue weighted by molar-refractivity contribution is 0.140. The number of phosphoric acid groups is 1. The van der Waals surface area contributed by atoms with Gasteiger partial charge in [0.1, 0.15) is 6.11 Å². The van der Waals surface area contributed by atoms with Crippen molar-refractivity contribution in [3.63, 3.8) is 0 Å². The van der Waals surface area contributed by atoms with Gasteiger partial charge in [-0.25, -0.2) is 4.57 Å². The van der Waals surface area contributed by atoms with Crippen LogP contribution in [0.15, 0.2) is 0 Å². The van der Waals surface area contributed by atoms with Crippen LogP contribution in [-0.4, -0.2) is 11.0 Å². The SMILES string of the molecule is CC#COP(=O)(O)OC(C)CC. The van der Waals surface area contributed by atoms with E-state index in [0.29, 0.717) is 6.42 Å². The molecule has 0 spiro atoms. The largest absolute Gasteiger partial charge is 0.536 e. The third-order valence-electron chi connectivity index (χ3n) is 1.15. The minimum Gasteiger partial charge on any atom is -0.350 e. The summed E-state index contributed by atoms with van der Waals surface area (Å²) in [5.41, 5.74) is 0. The number of rotatable bonds is 4. The van der Waals surface area contributed by atoms with Crippen LogP contribution in [0.3, 0.4) is 0 Å². The van der Waals surface area contributed by atoms with E-state index in [1.54, 1.807) is 6.92 Å². The molecule has 0 radical (unpaired) electrons. The molecule has 0 aromatic rings. The molecule has 1 N–H and O–H groups in total. The van der Waals surface area contributed by atoms with Crippen LogP contribution in [0.4, 0.5) is 0 Å². The van der Waals surface area contributed by atoms with Crippen molar-refractivity contribution in [3.8, 4) is 12.0 Å². The van der Waals surface area contributed by atoms with Crippen LogP contribution in [0.2, 0.25) is 0 Å². The highest BCUT2D eigenvalue weighted by molar-refractivity contribution is 7.47. The summed E-state index contributed by atoms with van der Waals surface area (Å²) in [6.45, 7) is 5.03. The Labute approximate surface area is 72.5 Å². The van der Waals surface area contributed by atoms with Gasteiger partial charge in [0.15, 0.2) is 0 Å². The topological polar surface area (TPSA) is 55.8 Å². The molecule has 0 amide bonds. The van der Waals surface area contributed by atoms with Gasteiger partial charge in [-0.3, -0.25) is 9.42 Å². The monoisotopic (exact) mass is 192 g/mol. The van der Waals surface area contributed by atoms with E-state index < -0.39 is 7.82 Å². The van der Waals surface area contributed by atoms with Crippen molar-refractivity contribution in [2.24, 2.45) is 0 Å². The zero-order valence-corrected chi connectivity index (χ0v) is 8.30. The molecule has 12 heavy (non-hydrogen) atoms. The van der Waals surface area contributed by atoms with Gasteiger partial charge < -0.3 is 4.52 Å². The van der Waals surface area contributed by atoms with Gasteiger partial charge in [0, 0.05) is 6.92 Å². The van der Waals surface area contributed by atoms with Crippen molar-refractivity contribution in [2.75, 3.05) is 0 Å². The van der Waals surface area contributed by atoms with Crippen molar-refractivity contribution in [2.45, 2.75) is 33.3 Å². The maximum absolute atomic E-state index is 11.0. The Hall–Kier alpha value is -0.490. The minimum atomic E-state index is -3.96. The van der Waals surface area contributed by atoms with Gasteiger partial charge in [-0.1, -0.05) is 12.8 Å². The number of phosphoric ester groups is 1. The third kappa shape index (κ3) is 5.20. The van der Waals surface area contributed by atoms with E-state index in [-0.39, 0.29) is 6.10 Å². The second-order valence-corrected chi connectivity index (χ2v) is 3.57. The summed E-state index contributed by atoms with van der Waals surface area (Å²) >= 11 is 0. The smallest absolute Gasteiger partial charge is 0.350 e. The van der Waals surface area contributed by atoms with E-state index >= 15 is 0 Å². The second-order valence-electron chi connectivity index (χ2n) is 2.24. The van der Waals surface area contributed by atoms with Crippen molar-refractivity contribution in [1.29, 1.82) is 0 Å². The first kappa shape index (κ1) is 11.5. The Kier molecular flexibility index (Phi) is 5.00. The van der Waals surface area contributed by atoms with E-state index in [2.05, 4.69) is 15.0 Å². The zero-order chi connectivity index (χ0) is 9.61. The Morgan fingerprint density at radius 2 is 2.25 bits per heavy atom. The predicted octanol–water partition coefficient (Wildman–Crippen LogP) is 1.90. The van der Waals surface area contributed by atoms with Crippen molar-refractivity contribution in [3.05, 3.63) is 0 Å². The third-order valence-corrected chi connectivity index (χ3v) is 2.10. The van der Waals surface area contributed by atoms with E-state index in [1.807, 2.05) is 13.0 Å². The van der Waals surface area contributed by atoms with Gasteiger partial charge in [-0.15, -0.1) is 0 Å². The fourth-order valence-electron chi connectivity index (χ4n) is 0.427. The molecule has 0 aromatic carbocycles. The zero-order valence-electron chi connectivity index (χ0n) is 7.40. The highest BCUT2D eigenvalue weighted by Gasteiger charge is 2.23. The van der Waals surface area contributed by atoms with Crippen LogP contribution in [0, 0.1) is 12.0 Å². The van der Waals surface area contributed by atoms with Crippen LogP contribution in [0.1, 0.15) is 27.2 Å². The molecule has 0 bridgehead atoms. The Bertz CT molecular complexity index is 227. The molecule has 0 rings (SSSR count). The highest BCUT2D eigenvalue weighted by atomic mass is 31.2. The quantitative estimate of drug-likeness (QED) is 0.546. The van der Waals surface area contributed by atoms with Crippen molar-refractivity contribution >= 4 is 7.82 Å². The summed E-state index contributed by atoms with van der Waals surface area (Å²) < 4.78 is 19.9. The molecule has 2 atom stereocenters. The number of hydrogen-bond acceptors (Lipinski definition) is 3. The van der Waals surface area contributed by atoms with Gasteiger partial charge >= 0.3 is 7.82 Å². The number of hydrogen-bond donors (Lipinski definition) is 1. The van der Waals surface area contributed by atoms with Gasteiger partial charge in [0.25, 0.3) is 0 Å². The van der Waals surface area contributed by atoms with Crippen LogP contribution in [0.5, 0.6) is 0 Å². The minimum absolute atomic E-state index is 0.306. The molecule has 4 nitrogen and oxygen atoms in total. The van der Waals surface area contributed by atoms with Crippen molar-refractivity contribution in [1.82, 2.24) is 0 Å². The molecule has 0 aromatic heterocycles. The molecule has 0 saturated carbocycles. The normalized spacial score (nSPS) is 17.0. The second kappa shape index (κ2) is 5.21. The average molecular weight is 192 g/mol. The first-order valence-electron chi connectivity index (χ1n) is 3.63. The van der Waals surface area contributed by atoms with Gasteiger partial charge in [0.2, 0.25) is 0 Å². The molecule has 0 aliphatic heterocycles. The summed E-state index contributed by atoms with van der Waals surface area (Å²) in [5, 5.41) is 0. The Morgan fingerprint density at radius 3 is 2.67 bits per heavy atom. The fourth-order valence-corrected chi connectivity index (χ4v) is 1.28. The summed E-state index contributed by atoms with van der Waals surface area (Å²) in [6, 6.07) is 0. The van der Waals surface area contributed by atoms with Crippen molar-refractivity contribution < 1.29 is 18.5 Å². The summed E-state index contributed by atoms with van der Waals surface area (Å²) in [7, 11) is -3.96. The summed E-state index contributed by atoms with van der Waals surface area (Å²) in [6.07, 6.45) is 2.37. The molecule has 5 heteroatoms. The lowest BCUT2D eigenvalue weighted by Gasteiger charge is -2.12. The van der Waals surface area contributed by atoms with Gasteiger partial charge in [0.05, 0.1) is 6.10 Å². The van der Waals surface area contributed by atoms with Gasteiger partial charge in [-0.05, 0) is 13.3 Å². The molecular formula is C7H13O4P. The summed E-state index contributed by atoms with van der Waals surface area (Å²) in [5.74, 6) is 2.33. The lowest BCUT2D eigenvalue weighted by Crippen LogP contribution is -2.04. The van der Waals surface area contributed by atoms with Crippen LogP contribution >= 0.6 is 7.82 Å². The molecular weight excluding hydrogens is 179 g/mol. The average Bonchev–Trinajstić information content (AvgIpc) is 2.00. The first-order valence-corrected chi connectivity index (χ1v) is 5.13. The van der Waals surface area contributed by atoms with E-state index in [0.717, 1.165) is 0 Å². The summed E-state index contributed by atoms with van der Waals surface area (Å²) in [4.78, 5) is 8.96. The lowest BCUT2D eigenvalue weighted by atomic mass is 10.3. The fraction of sp³-hybridized carbons (Fsp3) is 0.714. The maximum atomic E-state index is 11.0. The molecule has 0 saturated heterocycles. The molecule has 70 valence electrons. The molecule has 0 aliphatic carbocycles. The maximum Gasteiger partial charge on any atom is 0.536 e. The van der Waals surface area contributed by atoms with Crippen LogP contribution in [-0.2, 0) is 13.6 Å².